The Hall–Kier alpha value is -0.710. The van der Waals surface area contributed by atoms with E-state index in [-0.39, 0.29) is 12.1 Å². The molecule has 0 saturated carbocycles. The summed E-state index contributed by atoms with van der Waals surface area (Å²) in [5.41, 5.74) is 0. The van der Waals surface area contributed by atoms with Crippen molar-refractivity contribution in [2.24, 2.45) is 4.99 Å². The summed E-state index contributed by atoms with van der Waals surface area (Å²) in [5, 5.41) is 3.98. The highest BCUT2D eigenvalue weighted by atomic mass is 32.2. The standard InChI is InChI=1S/C11H23N3OS/c1-7-9(4)16-10(12-8(2)3)13-11(15)14(5)6/h8-9H,7H2,1-6H3,(H,12,13,15). The zero-order chi connectivity index (χ0) is 12.7. The summed E-state index contributed by atoms with van der Waals surface area (Å²) in [4.78, 5) is 17.4. The number of nitrogens with zero attached hydrogens (tertiary/aromatic N) is 2. The van der Waals surface area contributed by atoms with Crippen LogP contribution in [-0.2, 0) is 0 Å². The van der Waals surface area contributed by atoms with Crippen LogP contribution < -0.4 is 5.32 Å². The van der Waals surface area contributed by atoms with Crippen molar-refractivity contribution in [1.82, 2.24) is 10.2 Å². The minimum absolute atomic E-state index is 0.129. The van der Waals surface area contributed by atoms with Crippen LogP contribution in [0, 0.1) is 0 Å². The van der Waals surface area contributed by atoms with E-state index < -0.39 is 0 Å². The smallest absolute Gasteiger partial charge is 0.322 e. The van der Waals surface area contributed by atoms with Gasteiger partial charge < -0.3 is 4.90 Å². The Bertz CT molecular complexity index is 252. The van der Waals surface area contributed by atoms with Gasteiger partial charge in [-0.05, 0) is 20.3 Å². The normalized spacial score (nSPS) is 13.8. The first-order chi connectivity index (χ1) is 7.36. The van der Waals surface area contributed by atoms with E-state index >= 15 is 0 Å². The monoisotopic (exact) mass is 245 g/mol. The third-order valence-corrected chi connectivity index (χ3v) is 3.05. The average Bonchev–Trinajstić information content (AvgIpc) is 2.16. The van der Waals surface area contributed by atoms with Gasteiger partial charge in [0.2, 0.25) is 0 Å². The van der Waals surface area contributed by atoms with Crippen LogP contribution in [0.15, 0.2) is 4.99 Å². The molecule has 0 bridgehead atoms. The number of amides is 2. The van der Waals surface area contributed by atoms with E-state index in [0.29, 0.717) is 10.4 Å². The first-order valence-electron chi connectivity index (χ1n) is 5.59. The molecule has 0 radical (unpaired) electrons. The number of carbonyl (C=O) groups is 1. The zero-order valence-electron chi connectivity index (χ0n) is 11.1. The summed E-state index contributed by atoms with van der Waals surface area (Å²) >= 11 is 1.61. The molecule has 0 rings (SSSR count). The summed E-state index contributed by atoms with van der Waals surface area (Å²) < 4.78 is 0. The molecule has 4 nitrogen and oxygen atoms in total. The van der Waals surface area contributed by atoms with Crippen molar-refractivity contribution in [2.45, 2.75) is 45.4 Å². The van der Waals surface area contributed by atoms with E-state index in [4.69, 9.17) is 0 Å². The third kappa shape index (κ3) is 6.71. The lowest BCUT2D eigenvalue weighted by Crippen LogP contribution is -2.38. The Kier molecular flexibility index (Phi) is 7.21. The molecule has 5 heteroatoms. The van der Waals surface area contributed by atoms with Crippen molar-refractivity contribution >= 4 is 23.0 Å². The lowest BCUT2D eigenvalue weighted by molar-refractivity contribution is 0.222. The van der Waals surface area contributed by atoms with Crippen LogP contribution in [0.5, 0.6) is 0 Å². The molecule has 16 heavy (non-hydrogen) atoms. The van der Waals surface area contributed by atoms with Gasteiger partial charge in [-0.3, -0.25) is 10.3 Å². The van der Waals surface area contributed by atoms with E-state index in [1.807, 2.05) is 13.8 Å². The first kappa shape index (κ1) is 15.3. The molecule has 0 aliphatic rings. The highest BCUT2D eigenvalue weighted by molar-refractivity contribution is 8.14. The molecule has 0 aliphatic carbocycles. The van der Waals surface area contributed by atoms with Gasteiger partial charge in [-0.15, -0.1) is 0 Å². The van der Waals surface area contributed by atoms with Crippen LogP contribution in [0.3, 0.4) is 0 Å². The topological polar surface area (TPSA) is 44.7 Å². The van der Waals surface area contributed by atoms with Crippen molar-refractivity contribution in [2.75, 3.05) is 14.1 Å². The van der Waals surface area contributed by atoms with Crippen LogP contribution in [0.2, 0.25) is 0 Å². The van der Waals surface area contributed by atoms with Gasteiger partial charge in [0.25, 0.3) is 0 Å². The van der Waals surface area contributed by atoms with Gasteiger partial charge in [-0.25, -0.2) is 4.79 Å². The second kappa shape index (κ2) is 7.54. The largest absolute Gasteiger partial charge is 0.331 e. The fraction of sp³-hybridized carbons (Fsp3) is 0.818. The Balaban J connectivity index is 4.50. The van der Waals surface area contributed by atoms with Crippen LogP contribution in [-0.4, -0.2) is 41.5 Å². The molecule has 0 aromatic rings. The van der Waals surface area contributed by atoms with Crippen molar-refractivity contribution in [3.05, 3.63) is 0 Å². The summed E-state index contributed by atoms with van der Waals surface area (Å²) in [6.07, 6.45) is 1.06. The van der Waals surface area contributed by atoms with Crippen LogP contribution in [0.25, 0.3) is 0 Å². The third-order valence-electron chi connectivity index (χ3n) is 1.88. The van der Waals surface area contributed by atoms with Gasteiger partial charge in [0.05, 0.1) is 0 Å². The van der Waals surface area contributed by atoms with Gasteiger partial charge in [-0.1, -0.05) is 25.6 Å². The molecule has 1 atom stereocenters. The molecule has 1 N–H and O–H groups in total. The minimum atomic E-state index is -0.129. The molecule has 0 heterocycles. The summed E-state index contributed by atoms with van der Waals surface area (Å²) in [6, 6.07) is 0.0595. The van der Waals surface area contributed by atoms with Gasteiger partial charge in [0.1, 0.15) is 0 Å². The van der Waals surface area contributed by atoms with Crippen LogP contribution >= 0.6 is 11.8 Å². The SMILES string of the molecule is CCC(C)SC(=NC(C)C)NC(=O)N(C)C. The lowest BCUT2D eigenvalue weighted by atomic mass is 10.4. The number of aliphatic imine (C=N–C) groups is 1. The molecule has 0 aliphatic heterocycles. The van der Waals surface area contributed by atoms with Gasteiger partial charge in [0, 0.05) is 25.4 Å². The Morgan fingerprint density at radius 2 is 1.94 bits per heavy atom. The molecule has 1 unspecified atom stereocenters. The molecule has 0 spiro atoms. The van der Waals surface area contributed by atoms with Crippen molar-refractivity contribution < 1.29 is 4.79 Å². The number of nitrogens with one attached hydrogen (secondary N) is 1. The highest BCUT2D eigenvalue weighted by Crippen LogP contribution is 2.15. The molecular weight excluding hydrogens is 222 g/mol. The summed E-state index contributed by atoms with van der Waals surface area (Å²) in [7, 11) is 3.44. The number of urea groups is 1. The maximum absolute atomic E-state index is 11.5. The molecule has 2 amide bonds. The summed E-state index contributed by atoms with van der Waals surface area (Å²) in [5.74, 6) is 0. The van der Waals surface area contributed by atoms with E-state index in [2.05, 4.69) is 24.2 Å². The van der Waals surface area contributed by atoms with Crippen molar-refractivity contribution in [3.63, 3.8) is 0 Å². The number of hydrogen-bond donors (Lipinski definition) is 1. The molecule has 94 valence electrons. The van der Waals surface area contributed by atoms with E-state index in [1.165, 1.54) is 4.90 Å². The van der Waals surface area contributed by atoms with E-state index in [9.17, 15) is 4.79 Å². The van der Waals surface area contributed by atoms with Gasteiger partial charge in [-0.2, -0.15) is 0 Å². The number of amidine groups is 1. The van der Waals surface area contributed by atoms with Crippen LogP contribution in [0.1, 0.15) is 34.1 Å². The molecule has 0 saturated heterocycles. The van der Waals surface area contributed by atoms with Gasteiger partial charge >= 0.3 is 6.03 Å². The Morgan fingerprint density at radius 1 is 1.38 bits per heavy atom. The minimum Gasteiger partial charge on any atom is -0.331 e. The Labute approximate surface area is 103 Å². The number of thioether (sulfide) groups is 1. The first-order valence-corrected chi connectivity index (χ1v) is 6.47. The molecule has 0 aromatic carbocycles. The van der Waals surface area contributed by atoms with Crippen LogP contribution in [0.4, 0.5) is 4.79 Å². The molecule has 0 fully saturated rings. The maximum atomic E-state index is 11.5. The molecule has 0 aromatic heterocycles. The number of hydrogen-bond acceptors (Lipinski definition) is 3. The second-order valence-corrected chi connectivity index (χ2v) is 5.62. The predicted molar refractivity (Wildman–Crippen MR) is 72.1 cm³/mol. The molecular formula is C11H23N3OS. The Morgan fingerprint density at radius 3 is 2.31 bits per heavy atom. The number of carbonyl (C=O) groups excluding carboxylic acids is 1. The van der Waals surface area contributed by atoms with E-state index in [1.54, 1.807) is 25.9 Å². The average molecular weight is 245 g/mol. The van der Waals surface area contributed by atoms with E-state index in [0.717, 1.165) is 6.42 Å². The maximum Gasteiger partial charge on any atom is 0.322 e. The summed E-state index contributed by atoms with van der Waals surface area (Å²) in [6.45, 7) is 8.25. The zero-order valence-corrected chi connectivity index (χ0v) is 11.9. The quantitative estimate of drug-likeness (QED) is 0.613. The van der Waals surface area contributed by atoms with Crippen molar-refractivity contribution in [1.29, 1.82) is 0 Å². The van der Waals surface area contributed by atoms with Gasteiger partial charge in [0.15, 0.2) is 5.17 Å². The fourth-order valence-electron chi connectivity index (χ4n) is 0.804. The predicted octanol–water partition coefficient (Wildman–Crippen LogP) is 2.55. The lowest BCUT2D eigenvalue weighted by Gasteiger charge is -2.16. The van der Waals surface area contributed by atoms with Crippen molar-refractivity contribution in [3.8, 4) is 0 Å². The second-order valence-electron chi connectivity index (χ2n) is 4.19. The fourth-order valence-corrected chi connectivity index (χ4v) is 1.77. The number of rotatable bonds is 3. The highest BCUT2D eigenvalue weighted by Gasteiger charge is 2.11.